The molecule has 0 amide bonds. The van der Waals surface area contributed by atoms with Gasteiger partial charge in [0, 0.05) is 11.1 Å². The first kappa shape index (κ1) is 39.5. The van der Waals surface area contributed by atoms with E-state index in [0.717, 1.165) is 59.1 Å². The highest BCUT2D eigenvalue weighted by molar-refractivity contribution is 6.17. The molecular weight excluding hydrogens is 753 g/mol. The number of benzene rings is 10. The van der Waals surface area contributed by atoms with Crippen LogP contribution in [0.2, 0.25) is 0 Å². The molecule has 0 saturated heterocycles. The highest BCUT2D eigenvalue weighted by atomic mass is 16.5. The van der Waals surface area contributed by atoms with E-state index in [2.05, 4.69) is 184 Å². The Morgan fingerprint density at radius 2 is 0.629 bits per heavy atom. The van der Waals surface area contributed by atoms with E-state index < -0.39 is 0 Å². The van der Waals surface area contributed by atoms with E-state index in [-0.39, 0.29) is 0 Å². The van der Waals surface area contributed by atoms with E-state index in [1.54, 1.807) is 0 Å². The number of rotatable bonds is 15. The molecule has 0 aliphatic carbocycles. The van der Waals surface area contributed by atoms with Gasteiger partial charge in [0.15, 0.2) is 0 Å². The molecular formula is C60H54O2. The van der Waals surface area contributed by atoms with E-state index in [4.69, 9.17) is 9.47 Å². The van der Waals surface area contributed by atoms with E-state index in [0.29, 0.717) is 13.2 Å². The van der Waals surface area contributed by atoms with Gasteiger partial charge in [-0.1, -0.05) is 186 Å². The van der Waals surface area contributed by atoms with Crippen LogP contribution in [-0.2, 0) is 0 Å². The molecule has 10 rings (SSSR count). The Labute approximate surface area is 365 Å². The third kappa shape index (κ3) is 7.53. The summed E-state index contributed by atoms with van der Waals surface area (Å²) in [4.78, 5) is 0. The zero-order valence-electron chi connectivity index (χ0n) is 36.1. The van der Waals surface area contributed by atoms with Gasteiger partial charge >= 0.3 is 0 Å². The van der Waals surface area contributed by atoms with Crippen molar-refractivity contribution >= 4 is 64.6 Å². The summed E-state index contributed by atoms with van der Waals surface area (Å²) in [7, 11) is 0. The number of ether oxygens (including phenoxy) is 2. The minimum atomic E-state index is 0.675. The van der Waals surface area contributed by atoms with E-state index in [1.165, 1.54) is 102 Å². The Morgan fingerprint density at radius 1 is 0.290 bits per heavy atom. The van der Waals surface area contributed by atoms with Crippen molar-refractivity contribution in [3.05, 3.63) is 170 Å². The van der Waals surface area contributed by atoms with Gasteiger partial charge in [0.2, 0.25) is 0 Å². The minimum Gasteiger partial charge on any atom is -0.493 e. The van der Waals surface area contributed by atoms with Crippen molar-refractivity contribution in [2.45, 2.75) is 65.2 Å². The van der Waals surface area contributed by atoms with Crippen molar-refractivity contribution in [2.24, 2.45) is 0 Å². The third-order valence-electron chi connectivity index (χ3n) is 12.8. The molecule has 10 aromatic rings. The largest absolute Gasteiger partial charge is 0.493 e. The van der Waals surface area contributed by atoms with Crippen molar-refractivity contribution in [1.82, 2.24) is 0 Å². The summed E-state index contributed by atoms with van der Waals surface area (Å²) in [6.45, 7) is 5.87. The van der Waals surface area contributed by atoms with Gasteiger partial charge in [-0.05, 0) is 136 Å². The van der Waals surface area contributed by atoms with E-state index >= 15 is 0 Å². The smallest absolute Gasteiger partial charge is 0.127 e. The number of hydrogen-bond acceptors (Lipinski definition) is 2. The van der Waals surface area contributed by atoms with Gasteiger partial charge < -0.3 is 9.47 Å². The molecule has 0 N–H and O–H groups in total. The highest BCUT2D eigenvalue weighted by Crippen LogP contribution is 2.48. The molecule has 0 heterocycles. The Bertz CT molecular complexity index is 2900. The summed E-state index contributed by atoms with van der Waals surface area (Å²) in [6.07, 6.45) is 9.19. The zero-order chi connectivity index (χ0) is 41.8. The van der Waals surface area contributed by atoms with Crippen molar-refractivity contribution in [3.8, 4) is 44.9 Å². The molecule has 0 aliphatic rings. The van der Waals surface area contributed by atoms with Crippen LogP contribution in [0.1, 0.15) is 65.2 Å². The molecule has 62 heavy (non-hydrogen) atoms. The maximum atomic E-state index is 6.87. The SMILES string of the molecule is CCCCCCOc1ccc2cc(-c3c4ccccc4cc4ccccc34)ccc2c1-c1c(OCCCCCC)ccc2cc(-c3c4ccccc4cc4ccccc34)ccc12. The fourth-order valence-electron chi connectivity index (χ4n) is 9.76. The predicted molar refractivity (Wildman–Crippen MR) is 267 cm³/mol. The van der Waals surface area contributed by atoms with Crippen molar-refractivity contribution in [2.75, 3.05) is 13.2 Å². The summed E-state index contributed by atoms with van der Waals surface area (Å²) in [6, 6.07) is 62.8. The molecule has 0 aliphatic heterocycles. The number of fused-ring (bicyclic) bond motifs is 6. The van der Waals surface area contributed by atoms with Gasteiger partial charge in [0.1, 0.15) is 11.5 Å². The van der Waals surface area contributed by atoms with Gasteiger partial charge in [0.05, 0.1) is 13.2 Å². The van der Waals surface area contributed by atoms with Gasteiger partial charge in [-0.25, -0.2) is 0 Å². The maximum Gasteiger partial charge on any atom is 0.127 e. The summed E-state index contributed by atoms with van der Waals surface area (Å²) in [5.41, 5.74) is 7.17. The second-order valence-corrected chi connectivity index (χ2v) is 17.0. The first-order valence-electron chi connectivity index (χ1n) is 22.9. The lowest BCUT2D eigenvalue weighted by Crippen LogP contribution is -2.03. The van der Waals surface area contributed by atoms with E-state index in [1.807, 2.05) is 0 Å². The lowest BCUT2D eigenvalue weighted by atomic mass is 9.87. The lowest BCUT2D eigenvalue weighted by molar-refractivity contribution is 0.302. The maximum absolute atomic E-state index is 6.87. The van der Waals surface area contributed by atoms with Crippen molar-refractivity contribution < 1.29 is 9.47 Å². The highest BCUT2D eigenvalue weighted by Gasteiger charge is 2.22. The van der Waals surface area contributed by atoms with Gasteiger partial charge in [-0.15, -0.1) is 0 Å². The number of hydrogen-bond donors (Lipinski definition) is 0. The molecule has 0 atom stereocenters. The molecule has 0 bridgehead atoms. The topological polar surface area (TPSA) is 18.5 Å². The average molecular weight is 807 g/mol. The summed E-state index contributed by atoms with van der Waals surface area (Å²) in [5, 5.41) is 14.7. The molecule has 2 heteroatoms. The Morgan fingerprint density at radius 3 is 1.00 bits per heavy atom. The van der Waals surface area contributed by atoms with Crippen molar-refractivity contribution in [3.63, 3.8) is 0 Å². The minimum absolute atomic E-state index is 0.675. The molecule has 306 valence electrons. The standard InChI is InChI=1S/C60H54O2/c1-3-5-7-17-35-61-55-33-29-45-39-47(57-49-23-13-9-19-41(49)37-42-20-10-14-24-50(42)57)27-31-53(45)59(55)60-54-32-28-48(40-46(54)30-34-56(60)62-36-18-8-6-4-2)58-51-25-15-11-21-43(51)38-44-22-12-16-26-52(44)58/h9-16,19-34,37-40H,3-8,17-18,35-36H2,1-2H3. The quantitative estimate of drug-likeness (QED) is 0.0759. The van der Waals surface area contributed by atoms with Crippen molar-refractivity contribution in [1.29, 1.82) is 0 Å². The fraction of sp³-hybridized carbons (Fsp3) is 0.200. The normalized spacial score (nSPS) is 11.7. The first-order valence-corrected chi connectivity index (χ1v) is 22.9. The summed E-state index contributed by atoms with van der Waals surface area (Å²) in [5.74, 6) is 1.81. The van der Waals surface area contributed by atoms with Crippen LogP contribution in [0.15, 0.2) is 170 Å². The van der Waals surface area contributed by atoms with E-state index in [9.17, 15) is 0 Å². The van der Waals surface area contributed by atoms with Crippen LogP contribution in [0.3, 0.4) is 0 Å². The van der Waals surface area contributed by atoms with Crippen LogP contribution in [0, 0.1) is 0 Å². The Balaban J connectivity index is 1.19. The zero-order valence-corrected chi connectivity index (χ0v) is 36.1. The lowest BCUT2D eigenvalue weighted by Gasteiger charge is -2.21. The molecule has 0 radical (unpaired) electrons. The van der Waals surface area contributed by atoms with Crippen LogP contribution >= 0.6 is 0 Å². The van der Waals surface area contributed by atoms with Gasteiger partial charge in [0.25, 0.3) is 0 Å². The molecule has 0 spiro atoms. The van der Waals surface area contributed by atoms with Crippen LogP contribution < -0.4 is 9.47 Å². The molecule has 0 unspecified atom stereocenters. The Hall–Kier alpha value is -6.64. The predicted octanol–water partition coefficient (Wildman–Crippen LogP) is 17.5. The second kappa shape index (κ2) is 17.8. The van der Waals surface area contributed by atoms with Crippen LogP contribution in [0.4, 0.5) is 0 Å². The second-order valence-electron chi connectivity index (χ2n) is 17.0. The van der Waals surface area contributed by atoms with Gasteiger partial charge in [-0.2, -0.15) is 0 Å². The van der Waals surface area contributed by atoms with Crippen LogP contribution in [-0.4, -0.2) is 13.2 Å². The molecule has 10 aromatic carbocycles. The molecule has 2 nitrogen and oxygen atoms in total. The first-order chi connectivity index (χ1) is 30.7. The third-order valence-corrected chi connectivity index (χ3v) is 12.8. The summed E-state index contributed by atoms with van der Waals surface area (Å²) < 4.78 is 13.7. The Kier molecular flexibility index (Phi) is 11.3. The van der Waals surface area contributed by atoms with Crippen LogP contribution in [0.5, 0.6) is 11.5 Å². The summed E-state index contributed by atoms with van der Waals surface area (Å²) >= 11 is 0. The average Bonchev–Trinajstić information content (AvgIpc) is 3.32. The molecule has 0 aromatic heterocycles. The number of unbranched alkanes of at least 4 members (excludes halogenated alkanes) is 6. The molecule has 0 saturated carbocycles. The van der Waals surface area contributed by atoms with Gasteiger partial charge in [-0.3, -0.25) is 0 Å². The monoisotopic (exact) mass is 806 g/mol. The fourth-order valence-corrected chi connectivity index (χ4v) is 9.76. The molecule has 0 fully saturated rings. The van der Waals surface area contributed by atoms with Crippen LogP contribution in [0.25, 0.3) is 98.0 Å².